The zero-order valence-corrected chi connectivity index (χ0v) is 18.0. The first-order valence-corrected chi connectivity index (χ1v) is 10.4. The Morgan fingerprint density at radius 2 is 1.90 bits per heavy atom. The number of pyridine rings is 1. The summed E-state index contributed by atoms with van der Waals surface area (Å²) in [4.78, 5) is 20.1. The molecular weight excluding hydrogens is 435 g/mol. The molecule has 1 aliphatic rings. The van der Waals surface area contributed by atoms with Gasteiger partial charge in [-0.1, -0.05) is 35.8 Å². The van der Waals surface area contributed by atoms with Crippen LogP contribution in [0.1, 0.15) is 5.56 Å². The lowest BCUT2D eigenvalue weighted by Gasteiger charge is -2.36. The molecule has 0 atom stereocenters. The minimum Gasteiger partial charge on any atom is -0.508 e. The van der Waals surface area contributed by atoms with E-state index >= 15 is 0 Å². The van der Waals surface area contributed by atoms with E-state index in [0.29, 0.717) is 58.4 Å². The second-order valence-electron chi connectivity index (χ2n) is 7.14. The first-order chi connectivity index (χ1) is 14.9. The van der Waals surface area contributed by atoms with Crippen LogP contribution in [-0.2, 0) is 4.79 Å². The van der Waals surface area contributed by atoms with Crippen LogP contribution in [0.2, 0.25) is 10.0 Å². The Hall–Kier alpha value is -3.27. The second-order valence-corrected chi connectivity index (χ2v) is 7.92. The molecule has 1 saturated heterocycles. The Kier molecular flexibility index (Phi) is 5.73. The second kappa shape index (κ2) is 8.46. The Morgan fingerprint density at radius 3 is 2.58 bits per heavy atom. The minimum absolute atomic E-state index is 0.0796. The molecule has 0 radical (unpaired) electrons. The van der Waals surface area contributed by atoms with E-state index in [1.807, 2.05) is 12.1 Å². The average molecular weight is 453 g/mol. The minimum atomic E-state index is -0.101. The molecule has 6 nitrogen and oxygen atoms in total. The zero-order chi connectivity index (χ0) is 22.1. The van der Waals surface area contributed by atoms with Crippen molar-refractivity contribution in [1.29, 1.82) is 5.26 Å². The SMILES string of the molecule is C=CC(=O)N1CCN(c2c(C#N)cnc3c(Cl)c(-c4cc(O)ccc4Cl)ccc23)CC1. The molecule has 1 N–H and O–H groups in total. The van der Waals surface area contributed by atoms with Crippen molar-refractivity contribution >= 4 is 45.7 Å². The molecule has 2 aromatic carbocycles. The number of nitrogens with zero attached hydrogens (tertiary/aromatic N) is 4. The molecule has 8 heteroatoms. The number of phenolic OH excluding ortho intramolecular Hbond substituents is 1. The van der Waals surface area contributed by atoms with Crippen molar-refractivity contribution < 1.29 is 9.90 Å². The molecule has 3 aromatic rings. The number of piperazine rings is 1. The van der Waals surface area contributed by atoms with Gasteiger partial charge in [0.2, 0.25) is 5.91 Å². The summed E-state index contributed by atoms with van der Waals surface area (Å²) in [6.07, 6.45) is 2.82. The number of fused-ring (bicyclic) bond motifs is 1. The normalized spacial score (nSPS) is 13.8. The highest BCUT2D eigenvalue weighted by atomic mass is 35.5. The largest absolute Gasteiger partial charge is 0.508 e. The summed E-state index contributed by atoms with van der Waals surface area (Å²) in [5.74, 6) is -0.0218. The lowest BCUT2D eigenvalue weighted by molar-refractivity contribution is -0.126. The van der Waals surface area contributed by atoms with Gasteiger partial charge < -0.3 is 14.9 Å². The summed E-state index contributed by atoms with van der Waals surface area (Å²) in [7, 11) is 0. The van der Waals surface area contributed by atoms with Gasteiger partial charge in [0.15, 0.2) is 0 Å². The highest BCUT2D eigenvalue weighted by Crippen LogP contribution is 2.41. The fourth-order valence-electron chi connectivity index (χ4n) is 3.85. The third-order valence-electron chi connectivity index (χ3n) is 5.39. The molecular formula is C23H18Cl2N4O2. The number of carbonyl (C=O) groups excluding carboxylic acids is 1. The van der Waals surface area contributed by atoms with Crippen molar-refractivity contribution in [2.45, 2.75) is 0 Å². The number of hydrogen-bond acceptors (Lipinski definition) is 5. The molecule has 0 saturated carbocycles. The topological polar surface area (TPSA) is 80.5 Å². The summed E-state index contributed by atoms with van der Waals surface area (Å²) in [5, 5.41) is 21.1. The third-order valence-corrected chi connectivity index (χ3v) is 6.10. The van der Waals surface area contributed by atoms with Gasteiger partial charge >= 0.3 is 0 Å². The fourth-order valence-corrected chi connectivity index (χ4v) is 4.38. The standard InChI is InChI=1S/C23H18Cl2N4O2/c1-2-20(31)28-7-9-29(10-8-28)23-14(12-26)13-27-22-17(23)5-4-16(21(22)25)18-11-15(30)3-6-19(18)24/h2-6,11,13,30H,1,7-10H2. The number of hydrogen-bond donors (Lipinski definition) is 1. The number of rotatable bonds is 3. The van der Waals surface area contributed by atoms with E-state index in [9.17, 15) is 15.2 Å². The first kappa shape index (κ1) is 21.0. The summed E-state index contributed by atoms with van der Waals surface area (Å²) < 4.78 is 0. The van der Waals surface area contributed by atoms with E-state index in [0.717, 1.165) is 11.1 Å². The van der Waals surface area contributed by atoms with Crippen LogP contribution in [0, 0.1) is 11.3 Å². The van der Waals surface area contributed by atoms with E-state index in [1.54, 1.807) is 17.0 Å². The molecule has 1 aliphatic heterocycles. The molecule has 0 unspecified atom stereocenters. The van der Waals surface area contributed by atoms with Crippen LogP contribution in [0.25, 0.3) is 22.0 Å². The maximum absolute atomic E-state index is 11.9. The molecule has 156 valence electrons. The van der Waals surface area contributed by atoms with Gasteiger partial charge in [-0.15, -0.1) is 0 Å². The number of aromatic nitrogens is 1. The average Bonchev–Trinajstić information content (AvgIpc) is 2.80. The Labute approximate surface area is 189 Å². The summed E-state index contributed by atoms with van der Waals surface area (Å²) in [6.45, 7) is 5.75. The van der Waals surface area contributed by atoms with Crippen LogP contribution in [0.5, 0.6) is 5.75 Å². The summed E-state index contributed by atoms with van der Waals surface area (Å²) in [6, 6.07) is 10.6. The highest BCUT2D eigenvalue weighted by molar-refractivity contribution is 6.39. The summed E-state index contributed by atoms with van der Waals surface area (Å²) >= 11 is 13.0. The number of halogens is 2. The number of benzene rings is 2. The van der Waals surface area contributed by atoms with Gasteiger partial charge in [-0.2, -0.15) is 5.26 Å². The van der Waals surface area contributed by atoms with Crippen LogP contribution in [0.15, 0.2) is 49.2 Å². The quantitative estimate of drug-likeness (QED) is 0.586. The van der Waals surface area contributed by atoms with Gasteiger partial charge in [-0.05, 0) is 30.3 Å². The first-order valence-electron chi connectivity index (χ1n) is 9.61. The van der Waals surface area contributed by atoms with Crippen molar-refractivity contribution in [3.8, 4) is 22.9 Å². The van der Waals surface area contributed by atoms with E-state index in [4.69, 9.17) is 23.2 Å². The maximum atomic E-state index is 11.9. The molecule has 0 bridgehead atoms. The van der Waals surface area contributed by atoms with Crippen molar-refractivity contribution in [3.05, 3.63) is 64.8 Å². The van der Waals surface area contributed by atoms with Crippen molar-refractivity contribution in [2.24, 2.45) is 0 Å². The zero-order valence-electron chi connectivity index (χ0n) is 16.5. The van der Waals surface area contributed by atoms with Gasteiger partial charge in [-0.25, -0.2) is 0 Å². The lowest BCUT2D eigenvalue weighted by atomic mass is 10.0. The van der Waals surface area contributed by atoms with E-state index in [2.05, 4.69) is 22.5 Å². The summed E-state index contributed by atoms with van der Waals surface area (Å²) in [5.41, 5.74) is 2.96. The molecule has 1 amide bonds. The monoisotopic (exact) mass is 452 g/mol. The highest BCUT2D eigenvalue weighted by Gasteiger charge is 2.24. The van der Waals surface area contributed by atoms with Crippen molar-refractivity contribution in [3.63, 3.8) is 0 Å². The molecule has 1 fully saturated rings. The van der Waals surface area contributed by atoms with Crippen molar-refractivity contribution in [2.75, 3.05) is 31.1 Å². The molecule has 4 rings (SSSR count). The van der Waals surface area contributed by atoms with Crippen LogP contribution in [-0.4, -0.2) is 47.1 Å². The molecule has 0 spiro atoms. The van der Waals surface area contributed by atoms with Crippen molar-refractivity contribution in [1.82, 2.24) is 9.88 Å². The Balaban J connectivity index is 1.81. The smallest absolute Gasteiger partial charge is 0.246 e. The molecule has 31 heavy (non-hydrogen) atoms. The van der Waals surface area contributed by atoms with Gasteiger partial charge in [0.05, 0.1) is 21.8 Å². The van der Waals surface area contributed by atoms with Gasteiger partial charge in [0.1, 0.15) is 11.8 Å². The maximum Gasteiger partial charge on any atom is 0.246 e. The molecule has 1 aromatic heterocycles. The van der Waals surface area contributed by atoms with Crippen LogP contribution < -0.4 is 4.90 Å². The van der Waals surface area contributed by atoms with E-state index < -0.39 is 0 Å². The van der Waals surface area contributed by atoms with Gasteiger partial charge in [0, 0.05) is 53.9 Å². The predicted octanol–water partition coefficient (Wildman–Crippen LogP) is 4.62. The number of phenols is 1. The number of nitriles is 1. The van der Waals surface area contributed by atoms with Gasteiger partial charge in [0.25, 0.3) is 0 Å². The molecule has 2 heterocycles. The van der Waals surface area contributed by atoms with Crippen LogP contribution in [0.4, 0.5) is 5.69 Å². The van der Waals surface area contributed by atoms with Gasteiger partial charge in [-0.3, -0.25) is 9.78 Å². The fraction of sp³-hybridized carbons (Fsp3) is 0.174. The number of carbonyl (C=O) groups is 1. The molecule has 0 aliphatic carbocycles. The lowest BCUT2D eigenvalue weighted by Crippen LogP contribution is -2.48. The van der Waals surface area contributed by atoms with Crippen LogP contribution >= 0.6 is 23.2 Å². The third kappa shape index (κ3) is 3.78. The number of anilines is 1. The predicted molar refractivity (Wildman–Crippen MR) is 123 cm³/mol. The van der Waals surface area contributed by atoms with E-state index in [-0.39, 0.29) is 11.7 Å². The number of amides is 1. The Bertz CT molecular complexity index is 1240. The Morgan fingerprint density at radius 1 is 1.16 bits per heavy atom. The van der Waals surface area contributed by atoms with E-state index in [1.165, 1.54) is 18.3 Å². The number of aromatic hydroxyl groups is 1. The van der Waals surface area contributed by atoms with Crippen LogP contribution in [0.3, 0.4) is 0 Å².